The number of ether oxygens (including phenoxy) is 1. The van der Waals surface area contributed by atoms with Crippen molar-refractivity contribution in [1.29, 1.82) is 0 Å². The predicted molar refractivity (Wildman–Crippen MR) is 86.6 cm³/mol. The highest BCUT2D eigenvalue weighted by Crippen LogP contribution is 2.18. The van der Waals surface area contributed by atoms with E-state index in [4.69, 9.17) is 4.74 Å². The number of rotatable bonds is 7. The van der Waals surface area contributed by atoms with Crippen molar-refractivity contribution < 1.29 is 13.9 Å². The second-order valence-corrected chi connectivity index (χ2v) is 5.85. The first-order valence-corrected chi connectivity index (χ1v) is 7.94. The van der Waals surface area contributed by atoms with E-state index in [9.17, 15) is 9.18 Å². The summed E-state index contributed by atoms with van der Waals surface area (Å²) in [5, 5.41) is 2.88. The van der Waals surface area contributed by atoms with Crippen LogP contribution in [0.3, 0.4) is 0 Å². The van der Waals surface area contributed by atoms with Crippen molar-refractivity contribution in [2.24, 2.45) is 0 Å². The summed E-state index contributed by atoms with van der Waals surface area (Å²) < 4.78 is 17.8. The van der Waals surface area contributed by atoms with Crippen LogP contribution >= 0.6 is 11.8 Å². The van der Waals surface area contributed by atoms with Crippen LogP contribution in [0.25, 0.3) is 0 Å². The lowest BCUT2D eigenvalue weighted by Gasteiger charge is -2.06. The van der Waals surface area contributed by atoms with Gasteiger partial charge in [0.05, 0.1) is 7.11 Å². The fraction of sp³-hybridized carbons (Fsp3) is 0.235. The fourth-order valence-corrected chi connectivity index (χ4v) is 2.68. The van der Waals surface area contributed by atoms with Crippen molar-refractivity contribution >= 4 is 17.7 Å². The minimum Gasteiger partial charge on any atom is -0.497 e. The topological polar surface area (TPSA) is 38.3 Å². The number of carbonyl (C=O) groups is 1. The number of benzene rings is 2. The summed E-state index contributed by atoms with van der Waals surface area (Å²) in [6, 6.07) is 13.9. The third kappa shape index (κ3) is 5.41. The van der Waals surface area contributed by atoms with Crippen LogP contribution in [-0.2, 0) is 11.3 Å². The van der Waals surface area contributed by atoms with Crippen LogP contribution in [0.2, 0.25) is 0 Å². The number of hydrogen-bond donors (Lipinski definition) is 1. The third-order valence-electron chi connectivity index (χ3n) is 3.06. The van der Waals surface area contributed by atoms with Gasteiger partial charge in [0.2, 0.25) is 5.91 Å². The van der Waals surface area contributed by atoms with Gasteiger partial charge in [-0.3, -0.25) is 4.79 Å². The summed E-state index contributed by atoms with van der Waals surface area (Å²) in [5.41, 5.74) is 1.03. The van der Waals surface area contributed by atoms with Crippen LogP contribution in [0, 0.1) is 5.82 Å². The predicted octanol–water partition coefficient (Wildman–Crippen LogP) is 3.63. The highest BCUT2D eigenvalue weighted by Gasteiger charge is 2.03. The lowest BCUT2D eigenvalue weighted by Crippen LogP contribution is -2.22. The van der Waals surface area contributed by atoms with Crippen LogP contribution in [0.4, 0.5) is 4.39 Å². The molecule has 0 saturated carbocycles. The molecule has 0 spiro atoms. The van der Waals surface area contributed by atoms with Gasteiger partial charge in [-0.1, -0.05) is 12.1 Å². The molecule has 0 heterocycles. The van der Waals surface area contributed by atoms with E-state index in [1.807, 2.05) is 24.3 Å². The van der Waals surface area contributed by atoms with Gasteiger partial charge in [0.1, 0.15) is 11.6 Å². The molecule has 0 radical (unpaired) electrons. The first-order valence-electron chi connectivity index (χ1n) is 6.95. The van der Waals surface area contributed by atoms with Crippen LogP contribution in [0.5, 0.6) is 5.75 Å². The van der Waals surface area contributed by atoms with Gasteiger partial charge in [-0.25, -0.2) is 4.39 Å². The van der Waals surface area contributed by atoms with E-state index in [0.29, 0.717) is 18.7 Å². The summed E-state index contributed by atoms with van der Waals surface area (Å²) in [6.07, 6.45) is 0.429. The summed E-state index contributed by atoms with van der Waals surface area (Å²) in [5.74, 6) is 1.22. The van der Waals surface area contributed by atoms with Crippen LogP contribution in [0.15, 0.2) is 53.4 Å². The third-order valence-corrected chi connectivity index (χ3v) is 4.07. The van der Waals surface area contributed by atoms with Gasteiger partial charge in [-0.05, 0) is 42.0 Å². The van der Waals surface area contributed by atoms with E-state index in [2.05, 4.69) is 5.32 Å². The molecule has 0 aromatic heterocycles. The van der Waals surface area contributed by atoms with Crippen LogP contribution in [0.1, 0.15) is 12.0 Å². The number of nitrogens with one attached hydrogen (secondary N) is 1. The minimum absolute atomic E-state index is 0.00503. The van der Waals surface area contributed by atoms with Gasteiger partial charge in [0.15, 0.2) is 0 Å². The summed E-state index contributed by atoms with van der Waals surface area (Å²) >= 11 is 1.54. The van der Waals surface area contributed by atoms with Crippen molar-refractivity contribution in [3.05, 3.63) is 59.9 Å². The lowest BCUT2D eigenvalue weighted by atomic mass is 10.2. The van der Waals surface area contributed by atoms with E-state index < -0.39 is 0 Å². The molecule has 5 heteroatoms. The molecule has 0 bridgehead atoms. The molecule has 3 nitrogen and oxygen atoms in total. The number of thioether (sulfide) groups is 1. The van der Waals surface area contributed by atoms with Crippen molar-refractivity contribution in [2.45, 2.75) is 17.9 Å². The Labute approximate surface area is 133 Å². The Hall–Kier alpha value is -2.01. The number of carbonyl (C=O) groups excluding carboxylic acids is 1. The van der Waals surface area contributed by atoms with E-state index in [1.54, 1.807) is 31.0 Å². The summed E-state index contributed by atoms with van der Waals surface area (Å²) in [4.78, 5) is 12.7. The van der Waals surface area contributed by atoms with Crippen LogP contribution < -0.4 is 10.1 Å². The summed E-state index contributed by atoms with van der Waals surface area (Å²) in [7, 11) is 1.62. The average Bonchev–Trinajstić information content (AvgIpc) is 2.55. The Bertz CT molecular complexity index is 599. The Morgan fingerprint density at radius 2 is 1.82 bits per heavy atom. The second-order valence-electron chi connectivity index (χ2n) is 4.68. The zero-order valence-corrected chi connectivity index (χ0v) is 13.2. The molecule has 22 heavy (non-hydrogen) atoms. The van der Waals surface area contributed by atoms with E-state index in [-0.39, 0.29) is 11.7 Å². The number of halogens is 1. The van der Waals surface area contributed by atoms with Gasteiger partial charge in [0.25, 0.3) is 0 Å². The van der Waals surface area contributed by atoms with Crippen molar-refractivity contribution in [2.75, 3.05) is 12.9 Å². The van der Waals surface area contributed by atoms with E-state index >= 15 is 0 Å². The maximum absolute atomic E-state index is 12.8. The molecule has 0 unspecified atom stereocenters. The first kappa shape index (κ1) is 16.4. The number of hydrogen-bond acceptors (Lipinski definition) is 3. The molecule has 0 saturated heterocycles. The molecule has 0 aliphatic rings. The SMILES string of the molecule is COc1ccc(CNC(=O)CCSc2ccc(F)cc2)cc1. The lowest BCUT2D eigenvalue weighted by molar-refractivity contribution is -0.120. The molecule has 0 aliphatic heterocycles. The van der Waals surface area contributed by atoms with Crippen molar-refractivity contribution in [3.8, 4) is 5.75 Å². The molecule has 1 N–H and O–H groups in total. The van der Waals surface area contributed by atoms with Crippen molar-refractivity contribution in [3.63, 3.8) is 0 Å². The molecule has 116 valence electrons. The Kier molecular flexibility index (Phi) is 6.27. The molecule has 0 aliphatic carbocycles. The maximum Gasteiger partial charge on any atom is 0.221 e. The van der Waals surface area contributed by atoms with Gasteiger partial charge >= 0.3 is 0 Å². The standard InChI is InChI=1S/C17H18FNO2S/c1-21-15-6-2-13(3-7-15)12-19-17(20)10-11-22-16-8-4-14(18)5-9-16/h2-9H,10-12H2,1H3,(H,19,20). The molecule has 2 rings (SSSR count). The van der Waals surface area contributed by atoms with Gasteiger partial charge in [-0.2, -0.15) is 0 Å². The second kappa shape index (κ2) is 8.44. The minimum atomic E-state index is -0.249. The quantitative estimate of drug-likeness (QED) is 0.792. The number of methoxy groups -OCH3 is 1. The Balaban J connectivity index is 1.68. The Morgan fingerprint density at radius 3 is 2.45 bits per heavy atom. The van der Waals surface area contributed by atoms with Gasteiger partial charge in [0, 0.05) is 23.6 Å². The number of amides is 1. The monoisotopic (exact) mass is 319 g/mol. The molecule has 1 amide bonds. The van der Waals surface area contributed by atoms with Crippen LogP contribution in [-0.4, -0.2) is 18.8 Å². The highest BCUT2D eigenvalue weighted by molar-refractivity contribution is 7.99. The molecule has 2 aromatic rings. The molecule has 2 aromatic carbocycles. The smallest absolute Gasteiger partial charge is 0.221 e. The molecule has 0 fully saturated rings. The maximum atomic E-state index is 12.8. The Morgan fingerprint density at radius 1 is 1.14 bits per heavy atom. The normalized spacial score (nSPS) is 10.3. The van der Waals surface area contributed by atoms with E-state index in [0.717, 1.165) is 16.2 Å². The highest BCUT2D eigenvalue weighted by atomic mass is 32.2. The summed E-state index contributed by atoms with van der Waals surface area (Å²) in [6.45, 7) is 0.504. The van der Waals surface area contributed by atoms with E-state index in [1.165, 1.54) is 12.1 Å². The molecule has 0 atom stereocenters. The largest absolute Gasteiger partial charge is 0.497 e. The van der Waals surface area contributed by atoms with Gasteiger partial charge < -0.3 is 10.1 Å². The fourth-order valence-electron chi connectivity index (χ4n) is 1.82. The van der Waals surface area contributed by atoms with Gasteiger partial charge in [-0.15, -0.1) is 11.8 Å². The zero-order valence-electron chi connectivity index (χ0n) is 12.3. The average molecular weight is 319 g/mol. The first-order chi connectivity index (χ1) is 10.7. The molecular weight excluding hydrogens is 301 g/mol. The van der Waals surface area contributed by atoms with Crippen molar-refractivity contribution in [1.82, 2.24) is 5.32 Å². The molecular formula is C17H18FNO2S. The zero-order chi connectivity index (χ0) is 15.8.